The van der Waals surface area contributed by atoms with Crippen molar-refractivity contribution < 1.29 is 39.5 Å². The Labute approximate surface area is 112 Å². The largest absolute Gasteiger partial charge is 1.00 e. The maximum Gasteiger partial charge on any atom is 1.00 e. The molecule has 74 valence electrons. The van der Waals surface area contributed by atoms with Crippen molar-refractivity contribution in [3.8, 4) is 0 Å². The summed E-state index contributed by atoms with van der Waals surface area (Å²) >= 11 is 0. The van der Waals surface area contributed by atoms with Crippen LogP contribution in [0.15, 0.2) is 36.6 Å². The molecule has 0 fully saturated rings. The Kier molecular flexibility index (Phi) is 6.57. The van der Waals surface area contributed by atoms with E-state index in [9.17, 15) is 9.90 Å². The Balaban J connectivity index is 0.00000196. The van der Waals surface area contributed by atoms with Crippen LogP contribution in [0.1, 0.15) is 35.7 Å². The van der Waals surface area contributed by atoms with E-state index in [0.29, 0.717) is 17.7 Å². The first kappa shape index (κ1) is 14.4. The molecule has 0 bridgehead atoms. The second-order valence-electron chi connectivity index (χ2n) is 3.44. The van der Waals surface area contributed by atoms with Crippen LogP contribution in [0.2, 0.25) is 0 Å². The number of benzene rings is 1. The van der Waals surface area contributed by atoms with Gasteiger partial charge in [0.25, 0.3) is 0 Å². The van der Waals surface area contributed by atoms with Crippen LogP contribution in [0.4, 0.5) is 0 Å². The van der Waals surface area contributed by atoms with Crippen LogP contribution in [0.5, 0.6) is 0 Å². The molecule has 0 aliphatic rings. The summed E-state index contributed by atoms with van der Waals surface area (Å²) in [5.41, 5.74) is 1.74. The fourth-order valence-electron chi connectivity index (χ4n) is 1.19. The number of hydrogen-bond acceptors (Lipinski definition) is 2. The first-order chi connectivity index (χ1) is 6.65. The van der Waals surface area contributed by atoms with Crippen molar-refractivity contribution in [3.63, 3.8) is 0 Å². The summed E-state index contributed by atoms with van der Waals surface area (Å²) in [7, 11) is 0. The van der Waals surface area contributed by atoms with Gasteiger partial charge in [0, 0.05) is 5.56 Å². The molecule has 0 aromatic heterocycles. The van der Waals surface area contributed by atoms with E-state index in [1.54, 1.807) is 12.1 Å². The zero-order chi connectivity index (χ0) is 10.6. The Morgan fingerprint density at radius 1 is 1.27 bits per heavy atom. The van der Waals surface area contributed by atoms with Crippen LogP contribution in [0, 0.1) is 0 Å². The van der Waals surface area contributed by atoms with Gasteiger partial charge >= 0.3 is 29.6 Å². The van der Waals surface area contributed by atoms with Crippen molar-refractivity contribution in [1.29, 1.82) is 0 Å². The van der Waals surface area contributed by atoms with Crippen molar-refractivity contribution in [2.75, 3.05) is 0 Å². The van der Waals surface area contributed by atoms with Crippen LogP contribution < -0.4 is 34.7 Å². The molecular weight excluding hydrogens is 199 g/mol. The fourth-order valence-corrected chi connectivity index (χ4v) is 1.19. The van der Waals surface area contributed by atoms with Crippen molar-refractivity contribution >= 4 is 5.78 Å². The molecule has 0 aliphatic heterocycles. The monoisotopic (exact) mass is 212 g/mol. The molecule has 0 atom stereocenters. The molecule has 0 aliphatic carbocycles. The molecular formula is C12H13NaO2. The van der Waals surface area contributed by atoms with E-state index in [-0.39, 0.29) is 35.3 Å². The molecule has 2 nitrogen and oxygen atoms in total. The second-order valence-corrected chi connectivity index (χ2v) is 3.44. The van der Waals surface area contributed by atoms with Gasteiger partial charge in [-0.2, -0.15) is 0 Å². The number of hydrogen-bond donors (Lipinski definition) is 0. The Morgan fingerprint density at radius 3 is 2.20 bits per heavy atom. The third kappa shape index (κ3) is 4.20. The van der Waals surface area contributed by atoms with E-state index in [1.807, 2.05) is 12.1 Å². The van der Waals surface area contributed by atoms with Gasteiger partial charge in [0.2, 0.25) is 0 Å². The van der Waals surface area contributed by atoms with Crippen molar-refractivity contribution in [2.45, 2.75) is 19.8 Å². The summed E-state index contributed by atoms with van der Waals surface area (Å²) < 4.78 is 0. The van der Waals surface area contributed by atoms with E-state index in [2.05, 4.69) is 13.8 Å². The SMILES string of the molecule is CC(C)c1ccc(C(=O)C=C[O-])cc1.[Na+]. The number of allylic oxidation sites excluding steroid dienone is 1. The summed E-state index contributed by atoms with van der Waals surface area (Å²) in [5.74, 6) is 0.213. The summed E-state index contributed by atoms with van der Waals surface area (Å²) in [4.78, 5) is 11.2. The summed E-state index contributed by atoms with van der Waals surface area (Å²) in [6.45, 7) is 4.18. The molecule has 0 radical (unpaired) electrons. The van der Waals surface area contributed by atoms with E-state index >= 15 is 0 Å². The van der Waals surface area contributed by atoms with E-state index in [4.69, 9.17) is 0 Å². The number of rotatable bonds is 3. The van der Waals surface area contributed by atoms with Gasteiger partial charge in [0.15, 0.2) is 5.78 Å². The Bertz CT molecular complexity index is 339. The fraction of sp³-hybridized carbons (Fsp3) is 0.250. The quantitative estimate of drug-likeness (QED) is 0.275. The molecule has 1 rings (SSSR count). The predicted molar refractivity (Wildman–Crippen MR) is 54.0 cm³/mol. The minimum absolute atomic E-state index is 0. The molecule has 0 N–H and O–H groups in total. The number of ketones is 1. The smallest absolute Gasteiger partial charge is 0.878 e. The Morgan fingerprint density at radius 2 is 1.80 bits per heavy atom. The number of carbonyl (C=O) groups excluding carboxylic acids is 1. The molecule has 0 unspecified atom stereocenters. The van der Waals surface area contributed by atoms with Crippen molar-refractivity contribution in [2.24, 2.45) is 0 Å². The van der Waals surface area contributed by atoms with Crippen LogP contribution >= 0.6 is 0 Å². The van der Waals surface area contributed by atoms with Gasteiger partial charge in [-0.05, 0) is 17.6 Å². The van der Waals surface area contributed by atoms with Gasteiger partial charge in [-0.1, -0.05) is 38.1 Å². The predicted octanol–water partition coefficient (Wildman–Crippen LogP) is -1.13. The van der Waals surface area contributed by atoms with Gasteiger partial charge in [-0.25, -0.2) is 0 Å². The first-order valence-corrected chi connectivity index (χ1v) is 4.58. The maximum atomic E-state index is 11.2. The molecule has 15 heavy (non-hydrogen) atoms. The molecule has 0 heterocycles. The maximum absolute atomic E-state index is 11.2. The van der Waals surface area contributed by atoms with Crippen LogP contribution in [-0.4, -0.2) is 5.78 Å². The van der Waals surface area contributed by atoms with E-state index < -0.39 is 0 Å². The molecule has 0 amide bonds. The molecule has 0 saturated heterocycles. The number of carbonyl (C=O) groups is 1. The van der Waals surface area contributed by atoms with Crippen LogP contribution in [0.25, 0.3) is 0 Å². The zero-order valence-electron chi connectivity index (χ0n) is 9.36. The van der Waals surface area contributed by atoms with Gasteiger partial charge in [0.05, 0.1) is 0 Å². The zero-order valence-corrected chi connectivity index (χ0v) is 11.4. The summed E-state index contributed by atoms with van der Waals surface area (Å²) in [5, 5.41) is 10.1. The topological polar surface area (TPSA) is 40.1 Å². The average molecular weight is 212 g/mol. The third-order valence-corrected chi connectivity index (χ3v) is 2.08. The van der Waals surface area contributed by atoms with Gasteiger partial charge in [-0.3, -0.25) is 4.79 Å². The standard InChI is InChI=1S/C12H14O2.Na/c1-9(2)10-3-5-11(6-4-10)12(14)7-8-13;/h3-9,13H,1-2H3;/q;+1/p-1. The van der Waals surface area contributed by atoms with Crippen LogP contribution in [0.3, 0.4) is 0 Å². The summed E-state index contributed by atoms with van der Waals surface area (Å²) in [6, 6.07) is 7.32. The molecule has 3 heteroatoms. The second kappa shape index (κ2) is 6.83. The molecule has 0 saturated carbocycles. The van der Waals surface area contributed by atoms with Crippen molar-refractivity contribution in [1.82, 2.24) is 0 Å². The van der Waals surface area contributed by atoms with Crippen LogP contribution in [-0.2, 0) is 0 Å². The third-order valence-electron chi connectivity index (χ3n) is 2.08. The summed E-state index contributed by atoms with van der Waals surface area (Å²) in [6.07, 6.45) is 1.54. The molecule has 1 aromatic carbocycles. The minimum atomic E-state index is -0.240. The first-order valence-electron chi connectivity index (χ1n) is 4.58. The average Bonchev–Trinajstić information content (AvgIpc) is 2.18. The molecule has 0 spiro atoms. The van der Waals surface area contributed by atoms with Crippen molar-refractivity contribution in [3.05, 3.63) is 47.7 Å². The normalized spacial score (nSPS) is 10.3. The van der Waals surface area contributed by atoms with E-state index in [1.165, 1.54) is 5.56 Å². The Hall–Kier alpha value is -0.570. The van der Waals surface area contributed by atoms with E-state index in [0.717, 1.165) is 6.08 Å². The minimum Gasteiger partial charge on any atom is -0.878 e. The van der Waals surface area contributed by atoms with Gasteiger partial charge in [-0.15, -0.1) is 6.26 Å². The molecule has 1 aromatic rings. The van der Waals surface area contributed by atoms with Gasteiger partial charge < -0.3 is 5.11 Å². The van der Waals surface area contributed by atoms with Gasteiger partial charge in [0.1, 0.15) is 0 Å².